The van der Waals surface area contributed by atoms with E-state index in [-0.39, 0.29) is 11.5 Å². The minimum atomic E-state index is -0.298. The van der Waals surface area contributed by atoms with Crippen molar-refractivity contribution < 1.29 is 14.3 Å². The molecule has 1 heterocycles. The maximum atomic E-state index is 12.2. The molecule has 0 spiro atoms. The largest absolute Gasteiger partial charge is 0.497 e. The molecule has 0 atom stereocenters. The van der Waals surface area contributed by atoms with E-state index in [0.717, 1.165) is 0 Å². The van der Waals surface area contributed by atoms with Crippen LogP contribution in [0.15, 0.2) is 41.6 Å². The molecule has 0 radical (unpaired) electrons. The summed E-state index contributed by atoms with van der Waals surface area (Å²) in [5.74, 6) is 0.721. The van der Waals surface area contributed by atoms with Crippen LogP contribution in [0.1, 0.15) is 10.4 Å². The van der Waals surface area contributed by atoms with Crippen molar-refractivity contribution in [2.75, 3.05) is 20.8 Å². The van der Waals surface area contributed by atoms with Crippen LogP contribution in [-0.4, -0.2) is 36.2 Å². The molecule has 1 N–H and O–H groups in total. The standard InChI is InChI=1S/C15H17N3O4/c1-21-11-3-4-13(22-2)12(9-11)15(20)17-7-8-18-10-16-6-5-14(18)19/h3-6,9-10H,7-8H2,1-2H3,(H,17,20). The molecule has 1 aromatic heterocycles. The maximum Gasteiger partial charge on any atom is 0.255 e. The average molecular weight is 303 g/mol. The van der Waals surface area contributed by atoms with Gasteiger partial charge in [-0.1, -0.05) is 0 Å². The number of hydrogen-bond acceptors (Lipinski definition) is 5. The van der Waals surface area contributed by atoms with Crippen molar-refractivity contribution in [3.8, 4) is 11.5 Å². The summed E-state index contributed by atoms with van der Waals surface area (Å²) in [5.41, 5.74) is 0.212. The van der Waals surface area contributed by atoms with Gasteiger partial charge in [-0.3, -0.25) is 14.2 Å². The van der Waals surface area contributed by atoms with Crippen LogP contribution in [0.5, 0.6) is 11.5 Å². The quantitative estimate of drug-likeness (QED) is 0.849. The number of carbonyl (C=O) groups excluding carboxylic acids is 1. The zero-order chi connectivity index (χ0) is 15.9. The first-order chi connectivity index (χ1) is 10.7. The average Bonchev–Trinajstić information content (AvgIpc) is 2.55. The number of ether oxygens (including phenoxy) is 2. The van der Waals surface area contributed by atoms with Gasteiger partial charge in [-0.15, -0.1) is 0 Å². The van der Waals surface area contributed by atoms with Crippen LogP contribution < -0.4 is 20.3 Å². The van der Waals surface area contributed by atoms with E-state index in [0.29, 0.717) is 30.2 Å². The smallest absolute Gasteiger partial charge is 0.255 e. The van der Waals surface area contributed by atoms with Gasteiger partial charge in [0.1, 0.15) is 11.5 Å². The first kappa shape index (κ1) is 15.6. The highest BCUT2D eigenvalue weighted by Crippen LogP contribution is 2.23. The van der Waals surface area contributed by atoms with Crippen LogP contribution in [0, 0.1) is 0 Å². The molecule has 0 fully saturated rings. The van der Waals surface area contributed by atoms with Crippen molar-refractivity contribution >= 4 is 5.91 Å². The summed E-state index contributed by atoms with van der Waals surface area (Å²) >= 11 is 0. The summed E-state index contributed by atoms with van der Waals surface area (Å²) < 4.78 is 11.7. The minimum Gasteiger partial charge on any atom is -0.497 e. The Balaban J connectivity index is 2.03. The highest BCUT2D eigenvalue weighted by Gasteiger charge is 2.13. The van der Waals surface area contributed by atoms with Gasteiger partial charge in [0.25, 0.3) is 11.5 Å². The first-order valence-electron chi connectivity index (χ1n) is 6.66. The Bertz CT molecular complexity index is 712. The molecule has 0 bridgehead atoms. The fourth-order valence-electron chi connectivity index (χ4n) is 1.92. The summed E-state index contributed by atoms with van der Waals surface area (Å²) in [6.07, 6.45) is 2.86. The number of methoxy groups -OCH3 is 2. The second-order valence-corrected chi connectivity index (χ2v) is 4.43. The molecule has 2 rings (SSSR count). The molecule has 22 heavy (non-hydrogen) atoms. The molecule has 7 heteroatoms. The molecule has 0 aliphatic heterocycles. The number of aromatic nitrogens is 2. The Hall–Kier alpha value is -2.83. The van der Waals surface area contributed by atoms with Crippen LogP contribution in [-0.2, 0) is 6.54 Å². The molecule has 2 aromatic rings. The van der Waals surface area contributed by atoms with Crippen molar-refractivity contribution in [2.45, 2.75) is 6.54 Å². The fourth-order valence-corrected chi connectivity index (χ4v) is 1.92. The molecular weight excluding hydrogens is 286 g/mol. The lowest BCUT2D eigenvalue weighted by Gasteiger charge is -2.11. The van der Waals surface area contributed by atoms with E-state index < -0.39 is 0 Å². The Morgan fingerprint density at radius 2 is 2.09 bits per heavy atom. The first-order valence-corrected chi connectivity index (χ1v) is 6.66. The van der Waals surface area contributed by atoms with Gasteiger partial charge in [0.05, 0.1) is 26.1 Å². The predicted octanol–water partition coefficient (Wildman–Crippen LogP) is 0.690. The summed E-state index contributed by atoms with van der Waals surface area (Å²) in [6.45, 7) is 0.634. The van der Waals surface area contributed by atoms with E-state index in [1.54, 1.807) is 18.2 Å². The van der Waals surface area contributed by atoms with Crippen LogP contribution in [0.3, 0.4) is 0 Å². The Labute approximate surface area is 127 Å². The highest BCUT2D eigenvalue weighted by molar-refractivity contribution is 5.97. The summed E-state index contributed by atoms with van der Waals surface area (Å²) in [7, 11) is 3.02. The summed E-state index contributed by atoms with van der Waals surface area (Å²) in [6, 6.07) is 6.35. The lowest BCUT2D eigenvalue weighted by Crippen LogP contribution is -2.30. The van der Waals surface area contributed by atoms with Crippen molar-refractivity contribution in [2.24, 2.45) is 0 Å². The van der Waals surface area contributed by atoms with Gasteiger partial charge in [0, 0.05) is 25.4 Å². The molecule has 116 valence electrons. The zero-order valence-corrected chi connectivity index (χ0v) is 12.4. The van der Waals surface area contributed by atoms with Crippen molar-refractivity contribution in [3.63, 3.8) is 0 Å². The molecule has 0 unspecified atom stereocenters. The predicted molar refractivity (Wildman–Crippen MR) is 80.4 cm³/mol. The molecule has 0 saturated heterocycles. The third-order valence-electron chi connectivity index (χ3n) is 3.08. The van der Waals surface area contributed by atoms with Gasteiger partial charge in [-0.05, 0) is 18.2 Å². The lowest BCUT2D eigenvalue weighted by molar-refractivity contribution is 0.0948. The van der Waals surface area contributed by atoms with E-state index in [1.165, 1.54) is 37.4 Å². The Morgan fingerprint density at radius 3 is 2.77 bits per heavy atom. The van der Waals surface area contributed by atoms with Crippen LogP contribution in [0.25, 0.3) is 0 Å². The zero-order valence-electron chi connectivity index (χ0n) is 12.4. The summed E-state index contributed by atoms with van der Waals surface area (Å²) in [5, 5.41) is 2.74. The SMILES string of the molecule is COc1ccc(OC)c(C(=O)NCCn2cnccc2=O)c1. The van der Waals surface area contributed by atoms with Gasteiger partial charge < -0.3 is 14.8 Å². The third-order valence-corrected chi connectivity index (χ3v) is 3.08. The van der Waals surface area contributed by atoms with Crippen LogP contribution in [0.4, 0.5) is 0 Å². The van der Waals surface area contributed by atoms with E-state index in [2.05, 4.69) is 10.3 Å². The fraction of sp³-hybridized carbons (Fsp3) is 0.267. The maximum absolute atomic E-state index is 12.2. The molecular formula is C15H17N3O4. The van der Waals surface area contributed by atoms with Gasteiger partial charge in [0.2, 0.25) is 0 Å². The van der Waals surface area contributed by atoms with Gasteiger partial charge in [-0.25, -0.2) is 4.98 Å². The molecule has 0 saturated carbocycles. The Kier molecular flexibility index (Phi) is 5.13. The third kappa shape index (κ3) is 3.63. The van der Waals surface area contributed by atoms with Crippen molar-refractivity contribution in [3.05, 3.63) is 52.7 Å². The summed E-state index contributed by atoms with van der Waals surface area (Å²) in [4.78, 5) is 27.6. The van der Waals surface area contributed by atoms with Crippen LogP contribution >= 0.6 is 0 Å². The number of rotatable bonds is 6. The van der Waals surface area contributed by atoms with Gasteiger partial charge in [0.15, 0.2) is 0 Å². The molecule has 1 aromatic carbocycles. The number of benzene rings is 1. The van der Waals surface area contributed by atoms with Crippen molar-refractivity contribution in [1.82, 2.24) is 14.9 Å². The Morgan fingerprint density at radius 1 is 1.27 bits per heavy atom. The van der Waals surface area contributed by atoms with Gasteiger partial charge >= 0.3 is 0 Å². The lowest BCUT2D eigenvalue weighted by atomic mass is 10.1. The van der Waals surface area contributed by atoms with Gasteiger partial charge in [-0.2, -0.15) is 0 Å². The minimum absolute atomic E-state index is 0.164. The highest BCUT2D eigenvalue weighted by atomic mass is 16.5. The number of nitrogens with one attached hydrogen (secondary N) is 1. The number of carbonyl (C=O) groups is 1. The van der Waals surface area contributed by atoms with E-state index in [1.807, 2.05) is 0 Å². The normalized spacial score (nSPS) is 10.1. The molecule has 0 aliphatic rings. The van der Waals surface area contributed by atoms with E-state index >= 15 is 0 Å². The topological polar surface area (TPSA) is 82.4 Å². The second kappa shape index (κ2) is 7.26. The van der Waals surface area contributed by atoms with Crippen molar-refractivity contribution in [1.29, 1.82) is 0 Å². The number of amides is 1. The monoisotopic (exact) mass is 303 g/mol. The number of hydrogen-bond donors (Lipinski definition) is 1. The van der Waals surface area contributed by atoms with E-state index in [9.17, 15) is 9.59 Å². The second-order valence-electron chi connectivity index (χ2n) is 4.43. The van der Waals surface area contributed by atoms with E-state index in [4.69, 9.17) is 9.47 Å². The van der Waals surface area contributed by atoms with Crippen LogP contribution in [0.2, 0.25) is 0 Å². The number of nitrogens with zero attached hydrogens (tertiary/aromatic N) is 2. The molecule has 1 amide bonds. The molecule has 7 nitrogen and oxygen atoms in total. The molecule has 0 aliphatic carbocycles.